The molecule has 0 aliphatic heterocycles. The van der Waals surface area contributed by atoms with Crippen molar-refractivity contribution < 1.29 is 41.3 Å². The Bertz CT molecular complexity index is 283. The molecule has 1 heterocycles. The number of rotatable bonds is 0. The van der Waals surface area contributed by atoms with Crippen molar-refractivity contribution in [3.8, 4) is 0 Å². The van der Waals surface area contributed by atoms with Crippen molar-refractivity contribution in [3.63, 3.8) is 0 Å². The minimum absolute atomic E-state index is 0. The Morgan fingerprint density at radius 2 is 2.00 bits per heavy atom. The third-order valence-electron chi connectivity index (χ3n) is 1.30. The van der Waals surface area contributed by atoms with E-state index in [4.69, 9.17) is 4.42 Å². The maximum absolute atomic E-state index is 4.99. The van der Waals surface area contributed by atoms with Gasteiger partial charge in [0.15, 0.2) is 0 Å². The zero-order valence-electron chi connectivity index (χ0n) is 5.07. The summed E-state index contributed by atoms with van der Waals surface area (Å²) in [7, 11) is 0. The van der Waals surface area contributed by atoms with E-state index in [-0.39, 0.29) is 36.9 Å². The SMILES string of the molecule is [Tm].[c-]1cc2ccccc2o1. The summed E-state index contributed by atoms with van der Waals surface area (Å²) in [5.74, 6) is 0. The summed E-state index contributed by atoms with van der Waals surface area (Å²) in [5, 5.41) is 1.11. The second kappa shape index (κ2) is 3.40. The van der Waals surface area contributed by atoms with Gasteiger partial charge in [0.25, 0.3) is 0 Å². The molecule has 0 N–H and O–H groups in total. The van der Waals surface area contributed by atoms with Gasteiger partial charge in [-0.15, -0.1) is 17.5 Å². The van der Waals surface area contributed by atoms with Gasteiger partial charge in [-0.25, -0.2) is 0 Å². The van der Waals surface area contributed by atoms with Crippen molar-refractivity contribution in [1.29, 1.82) is 0 Å². The van der Waals surface area contributed by atoms with Crippen LogP contribution in [0.4, 0.5) is 0 Å². The van der Waals surface area contributed by atoms with Crippen LogP contribution in [0.3, 0.4) is 0 Å². The monoisotopic (exact) mass is 286 g/mol. The van der Waals surface area contributed by atoms with Crippen LogP contribution in [0, 0.1) is 43.1 Å². The van der Waals surface area contributed by atoms with Gasteiger partial charge in [0, 0.05) is 36.9 Å². The molecule has 0 bridgehead atoms. The molecule has 10 heavy (non-hydrogen) atoms. The van der Waals surface area contributed by atoms with E-state index in [1.165, 1.54) is 0 Å². The molecule has 0 aliphatic rings. The van der Waals surface area contributed by atoms with Gasteiger partial charge >= 0.3 is 0 Å². The minimum atomic E-state index is 0. The van der Waals surface area contributed by atoms with Gasteiger partial charge in [-0.3, -0.25) is 0 Å². The predicted octanol–water partition coefficient (Wildman–Crippen LogP) is 2.23. The first-order valence-electron chi connectivity index (χ1n) is 2.81. The fourth-order valence-electron chi connectivity index (χ4n) is 0.849. The van der Waals surface area contributed by atoms with Crippen LogP contribution >= 0.6 is 0 Å². The molecule has 0 unspecified atom stereocenters. The molecule has 1 aromatic carbocycles. The molecule has 2 aromatic rings. The van der Waals surface area contributed by atoms with E-state index in [0.717, 1.165) is 11.0 Å². The minimum Gasteiger partial charge on any atom is -0.591 e. The molecular weight excluding hydrogens is 281 g/mol. The summed E-state index contributed by atoms with van der Waals surface area (Å²) in [6.45, 7) is 0. The molecule has 0 saturated heterocycles. The maximum atomic E-state index is 4.99. The summed E-state index contributed by atoms with van der Waals surface area (Å²) < 4.78 is 4.99. The van der Waals surface area contributed by atoms with Crippen LogP contribution in [0.1, 0.15) is 0 Å². The first-order valence-corrected chi connectivity index (χ1v) is 2.81. The molecule has 0 atom stereocenters. The second-order valence-corrected chi connectivity index (χ2v) is 1.90. The van der Waals surface area contributed by atoms with Crippen LogP contribution in [0.5, 0.6) is 0 Å². The number of fused-ring (bicyclic) bond motifs is 1. The first-order chi connectivity index (χ1) is 4.47. The van der Waals surface area contributed by atoms with Gasteiger partial charge in [-0.05, 0) is 11.8 Å². The molecule has 0 fully saturated rings. The van der Waals surface area contributed by atoms with Crippen molar-refractivity contribution in [1.82, 2.24) is 0 Å². The Balaban J connectivity index is 0.000000500. The Morgan fingerprint density at radius 3 is 2.80 bits per heavy atom. The molecule has 1 radical (unpaired) electrons. The van der Waals surface area contributed by atoms with Gasteiger partial charge in [-0.2, -0.15) is 0 Å². The van der Waals surface area contributed by atoms with Crippen LogP contribution in [-0.2, 0) is 0 Å². The van der Waals surface area contributed by atoms with Crippen LogP contribution in [0.25, 0.3) is 11.0 Å². The van der Waals surface area contributed by atoms with E-state index in [1.807, 2.05) is 30.3 Å². The summed E-state index contributed by atoms with van der Waals surface area (Å²) in [6.07, 6.45) is 2.66. The Kier molecular flexibility index (Phi) is 2.76. The molecule has 2 rings (SSSR count). The topological polar surface area (TPSA) is 13.1 Å². The number of furan rings is 1. The van der Waals surface area contributed by atoms with Crippen molar-refractivity contribution in [2.75, 3.05) is 0 Å². The molecule has 0 spiro atoms. The molecule has 0 saturated carbocycles. The van der Waals surface area contributed by atoms with Crippen LogP contribution in [0.15, 0.2) is 34.7 Å². The summed E-state index contributed by atoms with van der Waals surface area (Å²) >= 11 is 0. The van der Waals surface area contributed by atoms with Crippen molar-refractivity contribution in [3.05, 3.63) is 36.6 Å². The molecule has 0 aliphatic carbocycles. The van der Waals surface area contributed by atoms with Gasteiger partial charge in [0.2, 0.25) is 0 Å². The smallest absolute Gasteiger partial charge is 0 e. The number of benzene rings is 1. The van der Waals surface area contributed by atoms with E-state index >= 15 is 0 Å². The van der Waals surface area contributed by atoms with Crippen molar-refractivity contribution in [2.24, 2.45) is 0 Å². The average Bonchev–Trinajstić information content (AvgIpc) is 2.33. The van der Waals surface area contributed by atoms with Gasteiger partial charge < -0.3 is 4.42 Å². The fraction of sp³-hybridized carbons (Fsp3) is 0. The van der Waals surface area contributed by atoms with Crippen LogP contribution in [0.2, 0.25) is 0 Å². The number of hydrogen-bond acceptors (Lipinski definition) is 1. The average molecular weight is 286 g/mol. The third-order valence-corrected chi connectivity index (χ3v) is 1.30. The molecular formula is C8H5OTm-. The summed E-state index contributed by atoms with van der Waals surface area (Å²) in [5.41, 5.74) is 0.900. The van der Waals surface area contributed by atoms with Gasteiger partial charge in [-0.1, -0.05) is 18.2 Å². The molecule has 57 valence electrons. The largest absolute Gasteiger partial charge is 0.591 e. The number of para-hydroxylation sites is 1. The maximum Gasteiger partial charge on any atom is 0 e. The van der Waals surface area contributed by atoms with E-state index in [0.29, 0.717) is 0 Å². The zero-order chi connectivity index (χ0) is 6.10. The van der Waals surface area contributed by atoms with E-state index in [2.05, 4.69) is 6.26 Å². The van der Waals surface area contributed by atoms with Crippen molar-refractivity contribution >= 4 is 11.0 Å². The van der Waals surface area contributed by atoms with E-state index in [1.54, 1.807) is 0 Å². The fourth-order valence-corrected chi connectivity index (χ4v) is 0.849. The summed E-state index contributed by atoms with van der Waals surface area (Å²) in [4.78, 5) is 0. The third kappa shape index (κ3) is 1.35. The van der Waals surface area contributed by atoms with Gasteiger partial charge in [0.1, 0.15) is 0 Å². The molecule has 0 amide bonds. The van der Waals surface area contributed by atoms with Crippen LogP contribution < -0.4 is 0 Å². The quantitative estimate of drug-likeness (QED) is 0.677. The van der Waals surface area contributed by atoms with Crippen LogP contribution in [-0.4, -0.2) is 0 Å². The van der Waals surface area contributed by atoms with Crippen molar-refractivity contribution in [2.45, 2.75) is 0 Å². The normalized spacial score (nSPS) is 9.20. The van der Waals surface area contributed by atoms with E-state index < -0.39 is 0 Å². The molecule has 2 heteroatoms. The first kappa shape index (κ1) is 8.09. The van der Waals surface area contributed by atoms with Gasteiger partial charge in [0.05, 0.1) is 0 Å². The molecule has 1 aromatic heterocycles. The standard InChI is InChI=1S/C8H5O.Tm/c1-2-4-8-7(3-1)5-6-9-8;/h1-5H;/q-1;. The number of hydrogen-bond donors (Lipinski definition) is 0. The predicted molar refractivity (Wildman–Crippen MR) is 35.1 cm³/mol. The summed E-state index contributed by atoms with van der Waals surface area (Å²) in [6, 6.07) is 9.67. The molecule has 1 nitrogen and oxygen atoms in total. The Labute approximate surface area is 88.2 Å². The zero-order valence-corrected chi connectivity index (χ0v) is 6.85. The van der Waals surface area contributed by atoms with E-state index in [9.17, 15) is 0 Å². The Hall–Kier alpha value is -0.00623. The Morgan fingerprint density at radius 1 is 1.20 bits per heavy atom. The second-order valence-electron chi connectivity index (χ2n) is 1.90.